The van der Waals surface area contributed by atoms with Crippen LogP contribution in [0.1, 0.15) is 25.0 Å². The molecule has 0 radical (unpaired) electrons. The van der Waals surface area contributed by atoms with E-state index < -0.39 is 10.0 Å². The molecule has 2 unspecified atom stereocenters. The molecule has 1 saturated heterocycles. The zero-order valence-electron chi connectivity index (χ0n) is 11.8. The van der Waals surface area contributed by atoms with Crippen molar-refractivity contribution in [1.82, 2.24) is 4.31 Å². The normalized spacial score (nSPS) is 24.8. The number of sulfonamides is 1. The minimum absolute atomic E-state index is 0.0564. The Morgan fingerprint density at radius 3 is 2.45 bits per heavy atom. The van der Waals surface area contributed by atoms with E-state index in [1.54, 1.807) is 4.31 Å². The topological polar surface area (TPSA) is 37.4 Å². The SMILES string of the molecule is CC1SCCN(S(=O)(=O)Cc2ccc(CCl)cc2)C1C. The minimum atomic E-state index is -3.25. The number of benzene rings is 1. The van der Waals surface area contributed by atoms with Crippen LogP contribution in [0, 0.1) is 0 Å². The van der Waals surface area contributed by atoms with Gasteiger partial charge in [0.15, 0.2) is 0 Å². The molecule has 1 aromatic rings. The highest BCUT2D eigenvalue weighted by molar-refractivity contribution is 8.00. The number of nitrogens with zero attached hydrogens (tertiary/aromatic N) is 1. The lowest BCUT2D eigenvalue weighted by Crippen LogP contribution is -2.48. The van der Waals surface area contributed by atoms with Gasteiger partial charge in [0.05, 0.1) is 5.75 Å². The summed E-state index contributed by atoms with van der Waals surface area (Å²) in [6.07, 6.45) is 0. The Labute approximate surface area is 130 Å². The van der Waals surface area contributed by atoms with Crippen molar-refractivity contribution in [2.45, 2.75) is 36.8 Å². The van der Waals surface area contributed by atoms with Crippen LogP contribution in [-0.2, 0) is 21.7 Å². The number of alkyl halides is 1. The van der Waals surface area contributed by atoms with Crippen molar-refractivity contribution < 1.29 is 8.42 Å². The van der Waals surface area contributed by atoms with E-state index in [4.69, 9.17) is 11.6 Å². The second kappa shape index (κ2) is 6.69. The van der Waals surface area contributed by atoms with E-state index in [1.165, 1.54) is 0 Å². The van der Waals surface area contributed by atoms with Crippen LogP contribution in [-0.4, -0.2) is 36.3 Å². The molecule has 1 aliphatic heterocycles. The summed E-state index contributed by atoms with van der Waals surface area (Å²) in [7, 11) is -3.25. The minimum Gasteiger partial charge on any atom is -0.212 e. The lowest BCUT2D eigenvalue weighted by atomic mass is 10.2. The van der Waals surface area contributed by atoms with Crippen LogP contribution in [0.25, 0.3) is 0 Å². The first-order valence-corrected chi connectivity index (χ1v) is 9.88. The van der Waals surface area contributed by atoms with Gasteiger partial charge in [0.2, 0.25) is 10.0 Å². The van der Waals surface area contributed by atoms with Gasteiger partial charge in [-0.3, -0.25) is 0 Å². The second-order valence-electron chi connectivity index (χ2n) is 5.13. The fourth-order valence-electron chi connectivity index (χ4n) is 2.32. The average molecular weight is 334 g/mol. The number of hydrogen-bond donors (Lipinski definition) is 0. The average Bonchev–Trinajstić information content (AvgIpc) is 2.42. The maximum atomic E-state index is 12.6. The molecule has 1 heterocycles. The van der Waals surface area contributed by atoms with Gasteiger partial charge in [-0.05, 0) is 18.1 Å². The predicted octanol–water partition coefficient (Wildman–Crippen LogP) is 3.08. The Kier molecular flexibility index (Phi) is 5.40. The van der Waals surface area contributed by atoms with Gasteiger partial charge in [-0.25, -0.2) is 8.42 Å². The standard InChI is InChI=1S/C14H20ClNO2S2/c1-11-12(2)19-8-7-16(11)20(17,18)10-14-5-3-13(9-15)4-6-14/h3-6,11-12H,7-10H2,1-2H3. The third-order valence-electron chi connectivity index (χ3n) is 3.71. The van der Waals surface area contributed by atoms with Crippen LogP contribution in [0.3, 0.4) is 0 Å². The second-order valence-corrected chi connectivity index (χ2v) is 8.81. The molecule has 0 aromatic heterocycles. The molecule has 0 spiro atoms. The maximum Gasteiger partial charge on any atom is 0.218 e. The van der Waals surface area contributed by atoms with E-state index >= 15 is 0 Å². The molecule has 20 heavy (non-hydrogen) atoms. The summed E-state index contributed by atoms with van der Waals surface area (Å²) < 4.78 is 26.8. The van der Waals surface area contributed by atoms with E-state index in [0.717, 1.165) is 16.9 Å². The summed E-state index contributed by atoms with van der Waals surface area (Å²) in [5.41, 5.74) is 1.82. The molecule has 2 atom stereocenters. The third kappa shape index (κ3) is 3.70. The summed E-state index contributed by atoms with van der Waals surface area (Å²) >= 11 is 7.58. The number of hydrogen-bond acceptors (Lipinski definition) is 3. The largest absolute Gasteiger partial charge is 0.218 e. The summed E-state index contributed by atoms with van der Waals surface area (Å²) in [5.74, 6) is 1.39. The molecule has 2 rings (SSSR count). The highest BCUT2D eigenvalue weighted by Gasteiger charge is 2.33. The van der Waals surface area contributed by atoms with Gasteiger partial charge in [0.1, 0.15) is 0 Å². The lowest BCUT2D eigenvalue weighted by Gasteiger charge is -2.36. The highest BCUT2D eigenvalue weighted by atomic mass is 35.5. The molecular weight excluding hydrogens is 314 g/mol. The Balaban J connectivity index is 2.13. The molecular formula is C14H20ClNO2S2. The van der Waals surface area contributed by atoms with Crippen LogP contribution < -0.4 is 0 Å². The molecule has 0 aliphatic carbocycles. The predicted molar refractivity (Wildman–Crippen MR) is 86.7 cm³/mol. The molecule has 3 nitrogen and oxygen atoms in total. The monoisotopic (exact) mass is 333 g/mol. The Hall–Kier alpha value is -0.230. The van der Waals surface area contributed by atoms with Crippen molar-refractivity contribution in [3.05, 3.63) is 35.4 Å². The maximum absolute atomic E-state index is 12.6. The zero-order chi connectivity index (χ0) is 14.8. The first kappa shape index (κ1) is 16.1. The number of rotatable bonds is 4. The van der Waals surface area contributed by atoms with Gasteiger partial charge in [0.25, 0.3) is 0 Å². The summed E-state index contributed by atoms with van der Waals surface area (Å²) in [4.78, 5) is 0. The first-order chi connectivity index (χ1) is 9.44. The lowest BCUT2D eigenvalue weighted by molar-refractivity contribution is 0.340. The van der Waals surface area contributed by atoms with Crippen molar-refractivity contribution in [2.24, 2.45) is 0 Å². The van der Waals surface area contributed by atoms with Gasteiger partial charge in [0, 0.05) is 29.5 Å². The van der Waals surface area contributed by atoms with E-state index in [-0.39, 0.29) is 11.8 Å². The molecule has 1 fully saturated rings. The van der Waals surface area contributed by atoms with Crippen molar-refractivity contribution in [1.29, 1.82) is 0 Å². The molecule has 1 aliphatic rings. The number of thioether (sulfide) groups is 1. The van der Waals surface area contributed by atoms with Gasteiger partial charge in [-0.1, -0.05) is 31.2 Å². The Morgan fingerprint density at radius 2 is 1.85 bits per heavy atom. The van der Waals surface area contributed by atoms with Crippen molar-refractivity contribution in [3.8, 4) is 0 Å². The Bertz CT molecular complexity index is 545. The zero-order valence-corrected chi connectivity index (χ0v) is 14.1. The Morgan fingerprint density at radius 1 is 1.25 bits per heavy atom. The fraction of sp³-hybridized carbons (Fsp3) is 0.571. The van der Waals surface area contributed by atoms with Crippen molar-refractivity contribution >= 4 is 33.4 Å². The van der Waals surface area contributed by atoms with Crippen LogP contribution in [0.5, 0.6) is 0 Å². The van der Waals surface area contributed by atoms with Gasteiger partial charge < -0.3 is 0 Å². The first-order valence-electron chi connectivity index (χ1n) is 6.69. The summed E-state index contributed by atoms with van der Waals surface area (Å²) in [6.45, 7) is 4.69. The molecule has 0 bridgehead atoms. The molecule has 1 aromatic carbocycles. The smallest absolute Gasteiger partial charge is 0.212 e. The van der Waals surface area contributed by atoms with Crippen LogP contribution in [0.4, 0.5) is 0 Å². The molecule has 6 heteroatoms. The third-order valence-corrected chi connectivity index (χ3v) is 7.28. The van der Waals surface area contributed by atoms with E-state index in [2.05, 4.69) is 6.92 Å². The van der Waals surface area contributed by atoms with Gasteiger partial charge >= 0.3 is 0 Å². The van der Waals surface area contributed by atoms with Crippen LogP contribution in [0.2, 0.25) is 0 Å². The van der Waals surface area contributed by atoms with Gasteiger partial charge in [-0.15, -0.1) is 11.6 Å². The van der Waals surface area contributed by atoms with Gasteiger partial charge in [-0.2, -0.15) is 16.1 Å². The van der Waals surface area contributed by atoms with E-state index in [9.17, 15) is 8.42 Å². The van der Waals surface area contributed by atoms with Crippen molar-refractivity contribution in [3.63, 3.8) is 0 Å². The van der Waals surface area contributed by atoms with Crippen LogP contribution >= 0.6 is 23.4 Å². The quantitative estimate of drug-likeness (QED) is 0.795. The highest BCUT2D eigenvalue weighted by Crippen LogP contribution is 2.27. The summed E-state index contributed by atoms with van der Waals surface area (Å²) in [5, 5.41) is 0.345. The van der Waals surface area contributed by atoms with Crippen molar-refractivity contribution in [2.75, 3.05) is 12.3 Å². The van der Waals surface area contributed by atoms with E-state index in [0.29, 0.717) is 17.7 Å². The molecule has 112 valence electrons. The molecule has 0 N–H and O–H groups in total. The fourth-order valence-corrected chi connectivity index (χ4v) is 5.62. The number of halogens is 1. The van der Waals surface area contributed by atoms with E-state index in [1.807, 2.05) is 43.0 Å². The molecule has 0 amide bonds. The summed E-state index contributed by atoms with van der Waals surface area (Å²) in [6, 6.07) is 7.52. The van der Waals surface area contributed by atoms with Crippen LogP contribution in [0.15, 0.2) is 24.3 Å². The molecule has 0 saturated carbocycles.